The van der Waals surface area contributed by atoms with Gasteiger partial charge < -0.3 is 25.2 Å². The first-order valence-electron chi connectivity index (χ1n) is 20.8. The third kappa shape index (κ3) is 38.0. The molecule has 0 heterocycles. The van der Waals surface area contributed by atoms with Gasteiger partial charge in [-0.3, -0.25) is 18.6 Å². The zero-order valence-electron chi connectivity index (χ0n) is 33.8. The highest BCUT2D eigenvalue weighted by Gasteiger charge is 2.27. The summed E-state index contributed by atoms with van der Waals surface area (Å²) in [6.07, 6.45) is 45.5. The van der Waals surface area contributed by atoms with Crippen molar-refractivity contribution in [1.29, 1.82) is 0 Å². The van der Waals surface area contributed by atoms with Crippen LogP contribution in [0.5, 0.6) is 0 Å². The lowest BCUT2D eigenvalue weighted by Crippen LogP contribution is -2.34. The van der Waals surface area contributed by atoms with Gasteiger partial charge in [0.15, 0.2) is 0 Å². The van der Waals surface area contributed by atoms with E-state index >= 15 is 0 Å². The molecule has 0 aliphatic heterocycles. The maximum atomic E-state index is 12.6. The van der Waals surface area contributed by atoms with E-state index in [0.29, 0.717) is 13.0 Å². The number of allylic oxidation sites excluding steroid dienone is 10. The lowest BCUT2D eigenvalue weighted by Gasteiger charge is -2.20. The van der Waals surface area contributed by atoms with Crippen molar-refractivity contribution < 1.29 is 42.7 Å². The minimum Gasteiger partial charge on any atom is -0.480 e. The van der Waals surface area contributed by atoms with Crippen LogP contribution in [-0.2, 0) is 32.7 Å². The Hall–Kier alpha value is -2.33. The zero-order valence-corrected chi connectivity index (χ0v) is 34.7. The summed E-state index contributed by atoms with van der Waals surface area (Å²) in [4.78, 5) is 33.5. The first kappa shape index (κ1) is 51.7. The summed E-state index contributed by atoms with van der Waals surface area (Å²) in [7, 11) is -4.62. The van der Waals surface area contributed by atoms with Crippen LogP contribution in [0, 0.1) is 0 Å². The molecule has 0 aliphatic carbocycles. The third-order valence-electron chi connectivity index (χ3n) is 8.53. The van der Waals surface area contributed by atoms with Crippen LogP contribution in [0.4, 0.5) is 0 Å². The van der Waals surface area contributed by atoms with Crippen LogP contribution in [0.2, 0.25) is 0 Å². The van der Waals surface area contributed by atoms with Crippen molar-refractivity contribution in [2.24, 2.45) is 5.73 Å². The summed E-state index contributed by atoms with van der Waals surface area (Å²) in [5.41, 5.74) is 5.35. The van der Waals surface area contributed by atoms with Crippen molar-refractivity contribution in [3.05, 3.63) is 60.8 Å². The molecule has 3 unspecified atom stereocenters. The predicted molar refractivity (Wildman–Crippen MR) is 221 cm³/mol. The van der Waals surface area contributed by atoms with Crippen molar-refractivity contribution in [3.8, 4) is 0 Å². The van der Waals surface area contributed by atoms with Gasteiger partial charge in [0.25, 0.3) is 0 Å². The minimum atomic E-state index is -4.62. The fourth-order valence-electron chi connectivity index (χ4n) is 5.29. The number of unbranched alkanes of at least 4 members (excludes halogenated alkanes) is 15. The van der Waals surface area contributed by atoms with Crippen LogP contribution in [0.25, 0.3) is 0 Å². The van der Waals surface area contributed by atoms with E-state index in [4.69, 9.17) is 29.4 Å². The molecule has 10 nitrogen and oxygen atoms in total. The number of esters is 1. The quantitative estimate of drug-likeness (QED) is 0.0237. The molecule has 11 heteroatoms. The van der Waals surface area contributed by atoms with Crippen molar-refractivity contribution >= 4 is 19.8 Å². The summed E-state index contributed by atoms with van der Waals surface area (Å²) >= 11 is 0. The molecular formula is C43H76NO9P. The maximum absolute atomic E-state index is 12.6. The molecule has 312 valence electrons. The van der Waals surface area contributed by atoms with Gasteiger partial charge in [0, 0.05) is 13.0 Å². The summed E-state index contributed by atoms with van der Waals surface area (Å²) in [5, 5.41) is 8.88. The molecule has 0 rings (SSSR count). The van der Waals surface area contributed by atoms with Crippen molar-refractivity contribution in [2.75, 3.05) is 26.4 Å². The Balaban J connectivity index is 4.32. The van der Waals surface area contributed by atoms with Gasteiger partial charge in [-0.1, -0.05) is 139 Å². The molecule has 0 saturated carbocycles. The molecule has 0 aliphatic rings. The number of carboxylic acids is 1. The molecule has 4 N–H and O–H groups in total. The van der Waals surface area contributed by atoms with Gasteiger partial charge in [-0.25, -0.2) is 4.57 Å². The number of hydrogen-bond acceptors (Lipinski definition) is 8. The number of carbonyl (C=O) groups excluding carboxylic acids is 1. The van der Waals surface area contributed by atoms with Gasteiger partial charge >= 0.3 is 19.8 Å². The second-order valence-corrected chi connectivity index (χ2v) is 15.2. The van der Waals surface area contributed by atoms with Gasteiger partial charge in [0.05, 0.1) is 19.8 Å². The van der Waals surface area contributed by atoms with Gasteiger partial charge in [-0.15, -0.1) is 0 Å². The van der Waals surface area contributed by atoms with Gasteiger partial charge in [-0.2, -0.15) is 0 Å². The predicted octanol–water partition coefficient (Wildman–Crippen LogP) is 11.3. The molecule has 0 bridgehead atoms. The smallest absolute Gasteiger partial charge is 0.472 e. The second-order valence-electron chi connectivity index (χ2n) is 13.7. The fraction of sp³-hybridized carbons (Fsp3) is 0.721. The van der Waals surface area contributed by atoms with Gasteiger partial charge in [-0.05, 0) is 77.0 Å². The molecule has 0 aromatic carbocycles. The molecule has 0 fully saturated rings. The van der Waals surface area contributed by atoms with Gasteiger partial charge in [0.1, 0.15) is 12.1 Å². The summed E-state index contributed by atoms with van der Waals surface area (Å²) in [6, 6.07) is -1.48. The zero-order chi connectivity index (χ0) is 39.8. The maximum Gasteiger partial charge on any atom is 0.472 e. The molecule has 3 atom stereocenters. The fourth-order valence-corrected chi connectivity index (χ4v) is 6.07. The van der Waals surface area contributed by atoms with E-state index in [9.17, 15) is 19.0 Å². The Morgan fingerprint density at radius 1 is 0.611 bits per heavy atom. The van der Waals surface area contributed by atoms with Crippen molar-refractivity contribution in [1.82, 2.24) is 0 Å². The van der Waals surface area contributed by atoms with Crippen LogP contribution in [0.1, 0.15) is 162 Å². The molecule has 0 spiro atoms. The molecule has 0 radical (unpaired) electrons. The van der Waals surface area contributed by atoms with Crippen molar-refractivity contribution in [3.63, 3.8) is 0 Å². The molecule has 0 aromatic heterocycles. The number of phosphoric acid groups is 1. The van der Waals surface area contributed by atoms with Crippen LogP contribution in [-0.4, -0.2) is 60.5 Å². The summed E-state index contributed by atoms with van der Waals surface area (Å²) in [6.45, 7) is 3.69. The number of nitrogens with two attached hydrogens (primary N) is 1. The average Bonchev–Trinajstić information content (AvgIpc) is 3.15. The normalized spacial score (nSPS) is 14.6. The highest BCUT2D eigenvalue weighted by atomic mass is 31.2. The Morgan fingerprint density at radius 3 is 1.61 bits per heavy atom. The number of rotatable bonds is 39. The number of ether oxygens (including phenoxy) is 2. The van der Waals surface area contributed by atoms with E-state index in [2.05, 4.69) is 74.6 Å². The summed E-state index contributed by atoms with van der Waals surface area (Å²) in [5.74, 6) is -1.80. The van der Waals surface area contributed by atoms with Crippen LogP contribution in [0.15, 0.2) is 60.8 Å². The number of carbonyl (C=O) groups is 2. The largest absolute Gasteiger partial charge is 0.480 e. The van der Waals surface area contributed by atoms with Crippen LogP contribution in [0.3, 0.4) is 0 Å². The number of carboxylic acid groups (broad SMARTS) is 1. The Morgan fingerprint density at radius 2 is 1.07 bits per heavy atom. The number of phosphoric ester groups is 1. The first-order valence-corrected chi connectivity index (χ1v) is 22.3. The highest BCUT2D eigenvalue weighted by Crippen LogP contribution is 2.43. The van der Waals surface area contributed by atoms with Crippen molar-refractivity contribution in [2.45, 2.75) is 174 Å². The Kier molecular flexibility index (Phi) is 37.2. The van der Waals surface area contributed by atoms with Crippen LogP contribution < -0.4 is 5.73 Å². The average molecular weight is 782 g/mol. The standard InChI is InChI=1S/C43H76NO9P/c1-3-5-7-9-11-13-15-17-19-21-23-25-27-29-31-33-35-42(45)53-40(38-51-54(48,49)52-39-41(44)43(46)47)37-50-36-34-32-30-28-26-24-22-20-18-16-14-12-10-8-6-4-2/h6,8,12-15,18-21,40-41H,3-5,7,9-11,16-17,22-39,44H2,1-2H3,(H,46,47)(H,48,49)/b8-6-,14-12-,15-13-,20-18-,21-19-. The minimum absolute atomic E-state index is 0.000386. The number of hydrogen-bond donors (Lipinski definition) is 3. The highest BCUT2D eigenvalue weighted by molar-refractivity contribution is 7.47. The lowest BCUT2D eigenvalue weighted by atomic mass is 10.1. The molecule has 0 amide bonds. The Labute approximate surface area is 328 Å². The monoisotopic (exact) mass is 782 g/mol. The molecule has 0 saturated heterocycles. The third-order valence-corrected chi connectivity index (χ3v) is 9.48. The summed E-state index contributed by atoms with van der Waals surface area (Å²) < 4.78 is 33.3. The van der Waals surface area contributed by atoms with Gasteiger partial charge in [0.2, 0.25) is 0 Å². The van der Waals surface area contributed by atoms with Crippen LogP contribution >= 0.6 is 7.82 Å². The van der Waals surface area contributed by atoms with E-state index in [0.717, 1.165) is 89.9 Å². The molecule has 0 aromatic rings. The number of aliphatic carboxylic acids is 1. The lowest BCUT2D eigenvalue weighted by molar-refractivity contribution is -0.154. The Bertz CT molecular complexity index is 1090. The van der Waals surface area contributed by atoms with E-state index in [1.54, 1.807) is 0 Å². The van der Waals surface area contributed by atoms with E-state index < -0.39 is 45.1 Å². The molecule has 54 heavy (non-hydrogen) atoms. The van der Waals surface area contributed by atoms with E-state index in [1.807, 2.05) is 0 Å². The molecular weight excluding hydrogens is 705 g/mol. The van der Waals surface area contributed by atoms with E-state index in [-0.39, 0.29) is 13.0 Å². The first-order chi connectivity index (χ1) is 26.2. The topological polar surface area (TPSA) is 155 Å². The second kappa shape index (κ2) is 38.9. The SMILES string of the molecule is CC/C=C\C/C=C\C/C=C\CCCCCCCCOCC(COP(=O)(O)OCC(N)C(=O)O)OC(=O)CCCCCCC/C=C\C/C=C\CCCCCC. The van der Waals surface area contributed by atoms with E-state index in [1.165, 1.54) is 44.9 Å².